The van der Waals surface area contributed by atoms with Gasteiger partial charge in [-0.2, -0.15) is 0 Å². The molecule has 3 atom stereocenters. The second-order valence-corrected chi connectivity index (χ2v) is 18.0. The molecule has 0 fully saturated rings. The van der Waals surface area contributed by atoms with Gasteiger partial charge in [-0.1, -0.05) is 188 Å². The Morgan fingerprint density at radius 2 is 0.794 bits per heavy atom. The Labute approximate surface area is 412 Å². The first-order valence-corrected chi connectivity index (χ1v) is 27.3. The lowest BCUT2D eigenvalue weighted by Crippen LogP contribution is -2.30. The zero-order valence-corrected chi connectivity index (χ0v) is 43.2. The second kappa shape index (κ2) is 49.6. The summed E-state index contributed by atoms with van der Waals surface area (Å²) in [5, 5.41) is 9.76. The monoisotopic (exact) mass is 971 g/mol. The van der Waals surface area contributed by atoms with Gasteiger partial charge in [0.1, 0.15) is 12.7 Å². The molecule has 0 heterocycles. The number of aliphatic hydroxyl groups is 1. The van der Waals surface area contributed by atoms with Crippen LogP contribution >= 0.6 is 7.82 Å². The van der Waals surface area contributed by atoms with E-state index >= 15 is 0 Å². The summed E-state index contributed by atoms with van der Waals surface area (Å²) in [6, 6.07) is 0. The molecule has 2 N–H and O–H groups in total. The maximum Gasteiger partial charge on any atom is 0.472 e. The van der Waals surface area contributed by atoms with Crippen molar-refractivity contribution in [3.63, 3.8) is 0 Å². The number of carbonyl (C=O) groups is 3. The average molecular weight is 971 g/mol. The third-order valence-corrected chi connectivity index (χ3v) is 11.2. The van der Waals surface area contributed by atoms with Crippen LogP contribution in [0, 0.1) is 0 Å². The van der Waals surface area contributed by atoms with Gasteiger partial charge in [0.2, 0.25) is 0 Å². The molecule has 3 unspecified atom stereocenters. The smallest absolute Gasteiger partial charge is 0.462 e. The highest BCUT2D eigenvalue weighted by atomic mass is 31.2. The Morgan fingerprint density at radius 3 is 1.26 bits per heavy atom. The largest absolute Gasteiger partial charge is 0.472 e. The molecule has 0 amide bonds. The van der Waals surface area contributed by atoms with E-state index in [9.17, 15) is 28.9 Å². The van der Waals surface area contributed by atoms with Crippen LogP contribution in [0.5, 0.6) is 0 Å². The zero-order chi connectivity index (χ0) is 49.9. The molecule has 0 bridgehead atoms. The highest BCUT2D eigenvalue weighted by Gasteiger charge is 2.28. The number of rotatable bonds is 46. The Kier molecular flexibility index (Phi) is 46.7. The van der Waals surface area contributed by atoms with Crippen molar-refractivity contribution in [2.24, 2.45) is 0 Å². The van der Waals surface area contributed by atoms with E-state index in [2.05, 4.69) is 118 Å². The number of esters is 3. The summed E-state index contributed by atoms with van der Waals surface area (Å²) in [5.74, 6) is -1.61. The summed E-state index contributed by atoms with van der Waals surface area (Å²) in [7, 11) is -4.77. The van der Waals surface area contributed by atoms with E-state index in [1.807, 2.05) is 12.2 Å². The molecule has 0 aromatic heterocycles. The molecule has 0 aromatic carbocycles. The summed E-state index contributed by atoms with van der Waals surface area (Å²) in [5.41, 5.74) is 0. The predicted molar refractivity (Wildman–Crippen MR) is 279 cm³/mol. The molecule has 0 radical (unpaired) electrons. The number of phosphoric ester groups is 1. The number of aliphatic hydroxyl groups excluding tert-OH is 1. The molecular weight excluding hydrogens is 880 g/mol. The van der Waals surface area contributed by atoms with Crippen LogP contribution in [0.15, 0.2) is 109 Å². The number of carbonyl (C=O) groups excluding carboxylic acids is 3. The van der Waals surface area contributed by atoms with Crippen molar-refractivity contribution in [3.05, 3.63) is 109 Å². The van der Waals surface area contributed by atoms with Crippen LogP contribution < -0.4 is 0 Å². The van der Waals surface area contributed by atoms with Gasteiger partial charge in [0.05, 0.1) is 19.8 Å². The molecule has 0 spiro atoms. The standard InChI is InChI=1S/C56H91O11P/c1-4-7-10-13-16-19-21-23-24-25-26-27-28-30-32-35-38-41-44-47-56(60)67-53(49-63-54(58)45-42-39-36-33-18-15-12-9-6-3)51-65-68(61,62)64-50-52(48-57)66-55(59)46-43-40-37-34-31-29-22-20-17-14-11-8-5-2/h7-8,10-11,16-17,19-20,23-24,26-27,29-32,38,41,52-53,57H,4-6,9,12-15,18,21-22,25,28,33-37,39-40,42-51H2,1-3H3,(H,61,62)/b10-7-,11-8-,19-16-,20-17-,24-23-,27-26-,31-29-,32-30-,41-38-. The van der Waals surface area contributed by atoms with Gasteiger partial charge >= 0.3 is 25.7 Å². The molecule has 11 nitrogen and oxygen atoms in total. The van der Waals surface area contributed by atoms with Gasteiger partial charge in [-0.25, -0.2) is 4.57 Å². The number of ether oxygens (including phenoxy) is 3. The lowest BCUT2D eigenvalue weighted by Gasteiger charge is -2.21. The minimum Gasteiger partial charge on any atom is -0.462 e. The molecule has 0 saturated carbocycles. The quantitative estimate of drug-likeness (QED) is 0.0197. The van der Waals surface area contributed by atoms with E-state index in [4.69, 9.17) is 23.3 Å². The van der Waals surface area contributed by atoms with Gasteiger partial charge in [-0.3, -0.25) is 23.4 Å². The Hall–Kier alpha value is -3.86. The van der Waals surface area contributed by atoms with Crippen LogP contribution in [0.4, 0.5) is 0 Å². The molecule has 0 aliphatic rings. The van der Waals surface area contributed by atoms with Gasteiger partial charge in [-0.05, 0) is 89.9 Å². The van der Waals surface area contributed by atoms with E-state index in [1.54, 1.807) is 0 Å². The first-order valence-electron chi connectivity index (χ1n) is 25.8. The first kappa shape index (κ1) is 64.1. The minimum absolute atomic E-state index is 0.0361. The fraction of sp³-hybridized carbons (Fsp3) is 0.625. The second-order valence-electron chi connectivity index (χ2n) is 16.6. The first-order chi connectivity index (χ1) is 33.2. The molecular formula is C56H91O11P. The van der Waals surface area contributed by atoms with Crippen LogP contribution in [0.25, 0.3) is 0 Å². The minimum atomic E-state index is -4.77. The molecule has 68 heavy (non-hydrogen) atoms. The van der Waals surface area contributed by atoms with Gasteiger partial charge in [0.25, 0.3) is 0 Å². The normalized spacial score (nSPS) is 14.4. The number of allylic oxidation sites excluding steroid dienone is 18. The summed E-state index contributed by atoms with van der Waals surface area (Å²) in [6.07, 6.45) is 58.0. The highest BCUT2D eigenvalue weighted by molar-refractivity contribution is 7.47. The van der Waals surface area contributed by atoms with Crippen LogP contribution in [0.3, 0.4) is 0 Å². The van der Waals surface area contributed by atoms with Crippen LogP contribution in [0.1, 0.15) is 188 Å². The van der Waals surface area contributed by atoms with Crippen molar-refractivity contribution < 1.29 is 52.2 Å². The maximum atomic E-state index is 12.8. The van der Waals surface area contributed by atoms with E-state index in [0.717, 1.165) is 89.9 Å². The molecule has 0 aliphatic carbocycles. The number of hydrogen-bond donors (Lipinski definition) is 2. The van der Waals surface area contributed by atoms with Crippen molar-refractivity contribution in [2.75, 3.05) is 26.4 Å². The third-order valence-electron chi connectivity index (χ3n) is 10.2. The highest BCUT2D eigenvalue weighted by Crippen LogP contribution is 2.43. The van der Waals surface area contributed by atoms with Gasteiger partial charge in [-0.15, -0.1) is 0 Å². The van der Waals surface area contributed by atoms with Gasteiger partial charge in [0.15, 0.2) is 6.10 Å². The summed E-state index contributed by atoms with van der Waals surface area (Å²) < 4.78 is 39.2. The molecule has 0 rings (SSSR count). The van der Waals surface area contributed by atoms with E-state index in [1.165, 1.54) is 32.1 Å². The zero-order valence-electron chi connectivity index (χ0n) is 42.3. The lowest BCUT2D eigenvalue weighted by atomic mass is 10.1. The summed E-state index contributed by atoms with van der Waals surface area (Å²) in [6.45, 7) is 4.23. The molecule has 0 saturated heterocycles. The topological polar surface area (TPSA) is 155 Å². The third kappa shape index (κ3) is 47.2. The van der Waals surface area contributed by atoms with Gasteiger partial charge in [0, 0.05) is 19.3 Å². The molecule has 0 aliphatic heterocycles. The summed E-state index contributed by atoms with van der Waals surface area (Å²) >= 11 is 0. The summed E-state index contributed by atoms with van der Waals surface area (Å²) in [4.78, 5) is 48.2. The SMILES string of the molecule is CC/C=C\C/C=C\C/C=C\C/C=C\C/C=C\C/C=C\CCC(=O)OC(COC(=O)CCCCCCCCCCC)COP(=O)(O)OCC(CO)OC(=O)CCCCC/C=C\C/C=C\C/C=C\CC. The van der Waals surface area contributed by atoms with Crippen LogP contribution in [-0.2, 0) is 42.2 Å². The van der Waals surface area contributed by atoms with Crippen molar-refractivity contribution in [2.45, 2.75) is 200 Å². The van der Waals surface area contributed by atoms with Gasteiger partial charge < -0.3 is 24.2 Å². The fourth-order valence-corrected chi connectivity index (χ4v) is 7.12. The van der Waals surface area contributed by atoms with Crippen LogP contribution in [0.2, 0.25) is 0 Å². The lowest BCUT2D eigenvalue weighted by molar-refractivity contribution is -0.161. The van der Waals surface area contributed by atoms with Crippen molar-refractivity contribution in [3.8, 4) is 0 Å². The number of unbranched alkanes of at least 4 members (excludes halogenated alkanes) is 11. The number of phosphoric acid groups is 1. The number of hydrogen-bond acceptors (Lipinski definition) is 10. The molecule has 386 valence electrons. The van der Waals surface area contributed by atoms with Crippen LogP contribution in [-0.4, -0.2) is 66.5 Å². The van der Waals surface area contributed by atoms with E-state index < -0.39 is 57.8 Å². The Morgan fingerprint density at radius 1 is 0.426 bits per heavy atom. The van der Waals surface area contributed by atoms with Crippen molar-refractivity contribution in [1.29, 1.82) is 0 Å². The fourth-order valence-electron chi connectivity index (χ4n) is 6.34. The maximum absolute atomic E-state index is 12.8. The van der Waals surface area contributed by atoms with Crippen molar-refractivity contribution in [1.82, 2.24) is 0 Å². The molecule has 12 heteroatoms. The molecule has 0 aromatic rings. The van der Waals surface area contributed by atoms with E-state index in [0.29, 0.717) is 25.7 Å². The Balaban J connectivity index is 4.85. The Bertz CT molecular complexity index is 1550. The van der Waals surface area contributed by atoms with Crippen molar-refractivity contribution >= 4 is 25.7 Å². The average Bonchev–Trinajstić information content (AvgIpc) is 3.32. The predicted octanol–water partition coefficient (Wildman–Crippen LogP) is 14.7. The van der Waals surface area contributed by atoms with E-state index in [-0.39, 0.29) is 25.9 Å².